The molecule has 0 radical (unpaired) electrons. The van der Waals surface area contributed by atoms with Crippen LogP contribution in [-0.4, -0.2) is 28.5 Å². The Morgan fingerprint density at radius 3 is 2.07 bits per heavy atom. The molecule has 0 aliphatic carbocycles. The van der Waals surface area contributed by atoms with Crippen molar-refractivity contribution in [1.29, 1.82) is 0 Å². The summed E-state index contributed by atoms with van der Waals surface area (Å²) in [5.41, 5.74) is 1.53. The van der Waals surface area contributed by atoms with E-state index in [1.54, 1.807) is 55.6 Å². The number of carbonyl (C=O) groups is 1. The van der Waals surface area contributed by atoms with Crippen LogP contribution in [0.1, 0.15) is 10.4 Å². The standard InChI is InChI=1S/C21H20N2O4S/c1-23(18-6-4-3-5-7-18)28(25,26)20-14-8-16(9-15-20)21(24)22-17-10-12-19(27-2)13-11-17/h3-15H,1-2H3,(H,22,24). The summed E-state index contributed by atoms with van der Waals surface area (Å²) in [6.07, 6.45) is 0. The van der Waals surface area contributed by atoms with Gasteiger partial charge in [0.25, 0.3) is 15.9 Å². The first-order chi connectivity index (χ1) is 13.4. The van der Waals surface area contributed by atoms with Crippen molar-refractivity contribution in [2.24, 2.45) is 0 Å². The van der Waals surface area contributed by atoms with Crippen LogP contribution in [0.3, 0.4) is 0 Å². The fraction of sp³-hybridized carbons (Fsp3) is 0.0952. The number of methoxy groups -OCH3 is 1. The molecule has 3 aromatic carbocycles. The Labute approximate surface area is 164 Å². The summed E-state index contributed by atoms with van der Waals surface area (Å²) in [6.45, 7) is 0. The van der Waals surface area contributed by atoms with Crippen LogP contribution in [0, 0.1) is 0 Å². The molecule has 0 heterocycles. The lowest BCUT2D eigenvalue weighted by atomic mass is 10.2. The SMILES string of the molecule is COc1ccc(NC(=O)c2ccc(S(=O)(=O)N(C)c3ccccc3)cc2)cc1. The molecule has 7 heteroatoms. The maximum Gasteiger partial charge on any atom is 0.264 e. The van der Waals surface area contributed by atoms with Crippen LogP contribution in [-0.2, 0) is 10.0 Å². The number of carbonyl (C=O) groups excluding carboxylic acids is 1. The lowest BCUT2D eigenvalue weighted by Crippen LogP contribution is -2.26. The lowest BCUT2D eigenvalue weighted by molar-refractivity contribution is 0.102. The second kappa shape index (κ2) is 8.14. The predicted octanol–water partition coefficient (Wildman–Crippen LogP) is 3.77. The van der Waals surface area contributed by atoms with Gasteiger partial charge in [0.15, 0.2) is 0 Å². The van der Waals surface area contributed by atoms with E-state index in [0.29, 0.717) is 22.7 Å². The third-order valence-corrected chi connectivity index (χ3v) is 6.04. The van der Waals surface area contributed by atoms with E-state index in [-0.39, 0.29) is 10.8 Å². The topological polar surface area (TPSA) is 75.7 Å². The van der Waals surface area contributed by atoms with E-state index in [2.05, 4.69) is 5.32 Å². The normalized spacial score (nSPS) is 10.9. The number of anilines is 2. The molecule has 0 saturated heterocycles. The van der Waals surface area contributed by atoms with Gasteiger partial charge in [-0.2, -0.15) is 0 Å². The fourth-order valence-corrected chi connectivity index (χ4v) is 3.79. The van der Waals surface area contributed by atoms with E-state index in [0.717, 1.165) is 0 Å². The average molecular weight is 396 g/mol. The molecule has 144 valence electrons. The van der Waals surface area contributed by atoms with E-state index in [1.807, 2.05) is 6.07 Å². The molecule has 28 heavy (non-hydrogen) atoms. The molecule has 0 bridgehead atoms. The molecule has 0 spiro atoms. The second-order valence-corrected chi connectivity index (χ2v) is 7.98. The van der Waals surface area contributed by atoms with Crippen LogP contribution in [0.5, 0.6) is 5.75 Å². The molecule has 3 aromatic rings. The summed E-state index contributed by atoms with van der Waals surface area (Å²) in [4.78, 5) is 12.5. The molecule has 0 aliphatic rings. The summed E-state index contributed by atoms with van der Waals surface area (Å²) in [5.74, 6) is 0.362. The largest absolute Gasteiger partial charge is 0.497 e. The Hall–Kier alpha value is -3.32. The molecule has 0 saturated carbocycles. The van der Waals surface area contributed by atoms with Crippen molar-refractivity contribution in [1.82, 2.24) is 0 Å². The van der Waals surface area contributed by atoms with Gasteiger partial charge >= 0.3 is 0 Å². The lowest BCUT2D eigenvalue weighted by Gasteiger charge is -2.19. The Bertz CT molecular complexity index is 1050. The zero-order chi connectivity index (χ0) is 20.1. The van der Waals surface area contributed by atoms with Gasteiger partial charge in [-0.05, 0) is 60.7 Å². The van der Waals surface area contributed by atoms with Gasteiger partial charge in [-0.1, -0.05) is 18.2 Å². The highest BCUT2D eigenvalue weighted by Crippen LogP contribution is 2.22. The maximum atomic E-state index is 12.8. The zero-order valence-electron chi connectivity index (χ0n) is 15.5. The third kappa shape index (κ3) is 4.15. The van der Waals surface area contributed by atoms with Gasteiger partial charge in [0.2, 0.25) is 0 Å². The minimum Gasteiger partial charge on any atom is -0.497 e. The van der Waals surface area contributed by atoms with Crippen molar-refractivity contribution in [3.63, 3.8) is 0 Å². The summed E-state index contributed by atoms with van der Waals surface area (Å²) < 4.78 is 31.8. The van der Waals surface area contributed by atoms with Gasteiger partial charge in [-0.3, -0.25) is 9.10 Å². The number of amides is 1. The first kappa shape index (κ1) is 19.4. The highest BCUT2D eigenvalue weighted by atomic mass is 32.2. The van der Waals surface area contributed by atoms with Crippen molar-refractivity contribution in [3.8, 4) is 5.75 Å². The Kier molecular flexibility index (Phi) is 5.65. The zero-order valence-corrected chi connectivity index (χ0v) is 16.3. The molecule has 0 atom stereocenters. The van der Waals surface area contributed by atoms with Gasteiger partial charge in [0.05, 0.1) is 17.7 Å². The van der Waals surface area contributed by atoms with Crippen molar-refractivity contribution in [3.05, 3.63) is 84.4 Å². The van der Waals surface area contributed by atoms with Gasteiger partial charge in [0.1, 0.15) is 5.75 Å². The van der Waals surface area contributed by atoms with E-state index in [4.69, 9.17) is 4.74 Å². The number of rotatable bonds is 6. The number of ether oxygens (including phenoxy) is 1. The van der Waals surface area contributed by atoms with Crippen LogP contribution in [0.15, 0.2) is 83.8 Å². The first-order valence-corrected chi connectivity index (χ1v) is 9.95. The fourth-order valence-electron chi connectivity index (χ4n) is 2.59. The van der Waals surface area contributed by atoms with Crippen molar-refractivity contribution >= 4 is 27.3 Å². The van der Waals surface area contributed by atoms with Gasteiger partial charge in [-0.15, -0.1) is 0 Å². The molecule has 0 fully saturated rings. The maximum absolute atomic E-state index is 12.8. The first-order valence-electron chi connectivity index (χ1n) is 8.51. The van der Waals surface area contributed by atoms with E-state index >= 15 is 0 Å². The Morgan fingerprint density at radius 2 is 1.50 bits per heavy atom. The number of nitrogens with zero attached hydrogens (tertiary/aromatic N) is 1. The molecular weight excluding hydrogens is 376 g/mol. The highest BCUT2D eigenvalue weighted by molar-refractivity contribution is 7.92. The highest BCUT2D eigenvalue weighted by Gasteiger charge is 2.21. The Morgan fingerprint density at radius 1 is 0.893 bits per heavy atom. The van der Waals surface area contributed by atoms with E-state index < -0.39 is 10.0 Å². The van der Waals surface area contributed by atoms with Crippen LogP contribution in [0.2, 0.25) is 0 Å². The predicted molar refractivity (Wildman–Crippen MR) is 109 cm³/mol. The van der Waals surface area contributed by atoms with Crippen molar-refractivity contribution < 1.29 is 17.9 Å². The Balaban J connectivity index is 1.75. The number of benzene rings is 3. The molecule has 0 aliphatic heterocycles. The number of sulfonamides is 1. The second-order valence-electron chi connectivity index (χ2n) is 6.02. The van der Waals surface area contributed by atoms with E-state index in [9.17, 15) is 13.2 Å². The van der Waals surface area contributed by atoms with Crippen LogP contribution >= 0.6 is 0 Å². The molecule has 1 N–H and O–H groups in total. The summed E-state index contributed by atoms with van der Waals surface area (Å²) in [7, 11) is -0.650. The minimum absolute atomic E-state index is 0.111. The van der Waals surface area contributed by atoms with E-state index in [1.165, 1.54) is 35.6 Å². The molecule has 6 nitrogen and oxygen atoms in total. The molecule has 0 unspecified atom stereocenters. The van der Waals surface area contributed by atoms with Crippen molar-refractivity contribution in [2.75, 3.05) is 23.8 Å². The van der Waals surface area contributed by atoms with Crippen LogP contribution in [0.4, 0.5) is 11.4 Å². The van der Waals surface area contributed by atoms with Gasteiger partial charge in [-0.25, -0.2) is 8.42 Å². The molecule has 1 amide bonds. The summed E-state index contributed by atoms with van der Waals surface area (Å²) >= 11 is 0. The average Bonchev–Trinajstić information content (AvgIpc) is 2.74. The van der Waals surface area contributed by atoms with Gasteiger partial charge < -0.3 is 10.1 Å². The molecular formula is C21H20N2O4S. The van der Waals surface area contributed by atoms with Crippen molar-refractivity contribution in [2.45, 2.75) is 4.90 Å². The quantitative estimate of drug-likeness (QED) is 0.688. The number of nitrogens with one attached hydrogen (secondary N) is 1. The van der Waals surface area contributed by atoms with Gasteiger partial charge in [0, 0.05) is 18.3 Å². The molecule has 3 rings (SSSR count). The number of para-hydroxylation sites is 1. The summed E-state index contributed by atoms with van der Waals surface area (Å²) in [5, 5.41) is 2.76. The number of hydrogen-bond acceptors (Lipinski definition) is 4. The summed E-state index contributed by atoms with van der Waals surface area (Å²) in [6, 6.07) is 21.6. The monoisotopic (exact) mass is 396 g/mol. The van der Waals surface area contributed by atoms with Crippen LogP contribution < -0.4 is 14.4 Å². The molecule has 0 aromatic heterocycles. The minimum atomic E-state index is -3.71. The van der Waals surface area contributed by atoms with Crippen LogP contribution in [0.25, 0.3) is 0 Å². The number of hydrogen-bond donors (Lipinski definition) is 1. The smallest absolute Gasteiger partial charge is 0.264 e. The third-order valence-electron chi connectivity index (χ3n) is 4.24.